The highest BCUT2D eigenvalue weighted by Gasteiger charge is 2.14. The zero-order chi connectivity index (χ0) is 8.27. The fraction of sp³-hybridized carbons (Fsp3) is 0.400. The SMILES string of the molecule is N#CC[C@@H](N)c1n[nH]nc1F. The van der Waals surface area contributed by atoms with Gasteiger partial charge in [-0.3, -0.25) is 0 Å². The van der Waals surface area contributed by atoms with E-state index in [1.165, 1.54) is 0 Å². The topological polar surface area (TPSA) is 91.4 Å². The average molecular weight is 155 g/mol. The van der Waals surface area contributed by atoms with Gasteiger partial charge < -0.3 is 5.73 Å². The molecule has 0 aromatic carbocycles. The van der Waals surface area contributed by atoms with Crippen molar-refractivity contribution in [1.82, 2.24) is 15.4 Å². The van der Waals surface area contributed by atoms with Crippen molar-refractivity contribution in [3.8, 4) is 6.07 Å². The maximum atomic E-state index is 12.5. The summed E-state index contributed by atoms with van der Waals surface area (Å²) in [6, 6.07) is 1.11. The number of hydrogen-bond acceptors (Lipinski definition) is 4. The molecule has 1 aromatic heterocycles. The minimum atomic E-state index is -0.743. The molecule has 3 N–H and O–H groups in total. The zero-order valence-electron chi connectivity index (χ0n) is 5.58. The predicted octanol–water partition coefficient (Wildman–Crippen LogP) is -0.143. The van der Waals surface area contributed by atoms with Crippen molar-refractivity contribution >= 4 is 0 Å². The quantitative estimate of drug-likeness (QED) is 0.621. The molecule has 1 atom stereocenters. The number of nitrogens with zero attached hydrogens (tertiary/aromatic N) is 3. The second-order valence-electron chi connectivity index (χ2n) is 1.97. The Morgan fingerprint density at radius 2 is 2.45 bits per heavy atom. The van der Waals surface area contributed by atoms with Crippen LogP contribution in [0.1, 0.15) is 18.2 Å². The summed E-state index contributed by atoms with van der Waals surface area (Å²) in [7, 11) is 0. The van der Waals surface area contributed by atoms with Gasteiger partial charge in [-0.2, -0.15) is 20.0 Å². The summed E-state index contributed by atoms with van der Waals surface area (Å²) >= 11 is 0. The monoisotopic (exact) mass is 155 g/mol. The molecule has 0 aliphatic rings. The smallest absolute Gasteiger partial charge is 0.257 e. The molecule has 0 bridgehead atoms. The van der Waals surface area contributed by atoms with Gasteiger partial charge in [0, 0.05) is 0 Å². The maximum absolute atomic E-state index is 12.5. The lowest BCUT2D eigenvalue weighted by Gasteiger charge is -1.99. The van der Waals surface area contributed by atoms with Gasteiger partial charge >= 0.3 is 0 Å². The molecule has 0 spiro atoms. The van der Waals surface area contributed by atoms with E-state index in [0.29, 0.717) is 0 Å². The molecule has 0 aliphatic carbocycles. The summed E-state index contributed by atoms with van der Waals surface area (Å²) in [6.07, 6.45) is 0.0312. The molecule has 0 aliphatic heterocycles. The van der Waals surface area contributed by atoms with Crippen LogP contribution in [0.15, 0.2) is 0 Å². The Morgan fingerprint density at radius 3 is 2.91 bits per heavy atom. The van der Waals surface area contributed by atoms with Crippen molar-refractivity contribution in [3.05, 3.63) is 11.6 Å². The molecule has 0 amide bonds. The molecule has 0 fully saturated rings. The van der Waals surface area contributed by atoms with E-state index in [2.05, 4.69) is 15.4 Å². The molecule has 6 heteroatoms. The molecule has 58 valence electrons. The number of halogens is 1. The van der Waals surface area contributed by atoms with Crippen molar-refractivity contribution in [2.45, 2.75) is 12.5 Å². The van der Waals surface area contributed by atoms with Gasteiger partial charge in [0.25, 0.3) is 5.95 Å². The molecule has 1 rings (SSSR count). The Labute approximate surface area is 62.0 Å². The van der Waals surface area contributed by atoms with Crippen LogP contribution in [0.3, 0.4) is 0 Å². The van der Waals surface area contributed by atoms with E-state index in [9.17, 15) is 4.39 Å². The van der Waals surface area contributed by atoms with Crippen LogP contribution >= 0.6 is 0 Å². The van der Waals surface area contributed by atoms with Crippen LogP contribution in [-0.4, -0.2) is 15.4 Å². The number of aromatic nitrogens is 3. The first kappa shape index (κ1) is 7.63. The molecular weight excluding hydrogens is 149 g/mol. The molecule has 0 saturated carbocycles. The van der Waals surface area contributed by atoms with Crippen molar-refractivity contribution in [3.63, 3.8) is 0 Å². The third kappa shape index (κ3) is 1.50. The lowest BCUT2D eigenvalue weighted by Crippen LogP contribution is -2.11. The van der Waals surface area contributed by atoms with Gasteiger partial charge in [-0.25, -0.2) is 0 Å². The van der Waals surface area contributed by atoms with E-state index < -0.39 is 12.0 Å². The summed E-state index contributed by atoms with van der Waals surface area (Å²) in [5.74, 6) is -0.743. The van der Waals surface area contributed by atoms with Crippen molar-refractivity contribution in [2.24, 2.45) is 5.73 Å². The average Bonchev–Trinajstić information content (AvgIpc) is 2.36. The highest BCUT2D eigenvalue weighted by Crippen LogP contribution is 2.11. The highest BCUT2D eigenvalue weighted by atomic mass is 19.1. The predicted molar refractivity (Wildman–Crippen MR) is 33.5 cm³/mol. The van der Waals surface area contributed by atoms with E-state index in [-0.39, 0.29) is 12.1 Å². The first-order chi connectivity index (χ1) is 5.25. The number of rotatable bonds is 2. The normalized spacial score (nSPS) is 12.5. The summed E-state index contributed by atoms with van der Waals surface area (Å²) in [5.41, 5.74) is 5.37. The van der Waals surface area contributed by atoms with Gasteiger partial charge in [-0.1, -0.05) is 0 Å². The van der Waals surface area contributed by atoms with Gasteiger partial charge in [0.1, 0.15) is 5.69 Å². The van der Waals surface area contributed by atoms with E-state index in [0.717, 1.165) is 0 Å². The first-order valence-corrected chi connectivity index (χ1v) is 2.94. The van der Waals surface area contributed by atoms with Crippen LogP contribution in [0.5, 0.6) is 0 Å². The van der Waals surface area contributed by atoms with E-state index in [4.69, 9.17) is 11.0 Å². The van der Waals surface area contributed by atoms with Crippen LogP contribution in [0.4, 0.5) is 4.39 Å². The third-order valence-electron chi connectivity index (χ3n) is 1.19. The molecule has 1 heterocycles. The van der Waals surface area contributed by atoms with Gasteiger partial charge in [0.2, 0.25) is 0 Å². The zero-order valence-corrected chi connectivity index (χ0v) is 5.58. The maximum Gasteiger partial charge on any atom is 0.257 e. The minimum Gasteiger partial charge on any atom is -0.322 e. The molecule has 0 saturated heterocycles. The summed E-state index contributed by atoms with van der Waals surface area (Å²) in [5, 5.41) is 16.9. The number of nitrogens with two attached hydrogens (primary N) is 1. The number of aromatic amines is 1. The van der Waals surface area contributed by atoms with E-state index in [1.807, 2.05) is 6.07 Å². The molecular formula is C5H6FN5. The minimum absolute atomic E-state index is 0.00606. The third-order valence-corrected chi connectivity index (χ3v) is 1.19. The second kappa shape index (κ2) is 3.07. The molecule has 5 nitrogen and oxygen atoms in total. The fourth-order valence-corrected chi connectivity index (χ4v) is 0.657. The summed E-state index contributed by atoms with van der Waals surface area (Å²) in [4.78, 5) is 0. The first-order valence-electron chi connectivity index (χ1n) is 2.94. The van der Waals surface area contributed by atoms with Crippen LogP contribution in [0.25, 0.3) is 0 Å². The van der Waals surface area contributed by atoms with Crippen LogP contribution < -0.4 is 5.73 Å². The van der Waals surface area contributed by atoms with Crippen molar-refractivity contribution in [1.29, 1.82) is 5.26 Å². The Bertz CT molecular complexity index is 275. The number of nitriles is 1. The standard InChI is InChI=1S/C5H6FN5/c6-5-4(9-11-10-5)3(8)1-2-7/h3H,1,8H2,(H,9,10,11)/t3-/m1/s1. The Balaban J connectivity index is 2.77. The van der Waals surface area contributed by atoms with Gasteiger partial charge in [0.05, 0.1) is 18.5 Å². The van der Waals surface area contributed by atoms with E-state index in [1.54, 1.807) is 0 Å². The largest absolute Gasteiger partial charge is 0.322 e. The van der Waals surface area contributed by atoms with Gasteiger partial charge in [0.15, 0.2) is 0 Å². The molecule has 0 radical (unpaired) electrons. The second-order valence-corrected chi connectivity index (χ2v) is 1.97. The number of H-pyrrole nitrogens is 1. The van der Waals surface area contributed by atoms with Gasteiger partial charge in [-0.15, -0.1) is 5.10 Å². The van der Waals surface area contributed by atoms with Crippen LogP contribution in [0.2, 0.25) is 0 Å². The lowest BCUT2D eigenvalue weighted by atomic mass is 10.2. The Hall–Kier alpha value is -1.48. The van der Waals surface area contributed by atoms with Crippen molar-refractivity contribution < 1.29 is 4.39 Å². The van der Waals surface area contributed by atoms with Crippen LogP contribution in [0, 0.1) is 17.3 Å². The molecule has 0 unspecified atom stereocenters. The van der Waals surface area contributed by atoms with Gasteiger partial charge in [-0.05, 0) is 0 Å². The van der Waals surface area contributed by atoms with E-state index >= 15 is 0 Å². The fourth-order valence-electron chi connectivity index (χ4n) is 0.657. The number of hydrogen-bond donors (Lipinski definition) is 2. The molecule has 11 heavy (non-hydrogen) atoms. The van der Waals surface area contributed by atoms with Crippen LogP contribution in [-0.2, 0) is 0 Å². The number of nitrogens with one attached hydrogen (secondary N) is 1. The Kier molecular flexibility index (Phi) is 2.13. The molecule has 1 aromatic rings. The summed E-state index contributed by atoms with van der Waals surface area (Å²) in [6.45, 7) is 0. The highest BCUT2D eigenvalue weighted by molar-refractivity contribution is 5.03. The lowest BCUT2D eigenvalue weighted by molar-refractivity contribution is 0.548. The Morgan fingerprint density at radius 1 is 1.73 bits per heavy atom. The summed E-state index contributed by atoms with van der Waals surface area (Å²) < 4.78 is 12.5. The van der Waals surface area contributed by atoms with Crippen molar-refractivity contribution in [2.75, 3.05) is 0 Å².